The molecule has 0 rings (SSSR count). The third-order valence-corrected chi connectivity index (χ3v) is 7.42. The Hall–Kier alpha value is 0.850. The number of unbranched alkanes of at least 4 members (excludes halogenated alkanes) is 5. The molecule has 1 atom stereocenters. The quantitative estimate of drug-likeness (QED) is 0.0841. The predicted molar refractivity (Wildman–Crippen MR) is 118 cm³/mol. The average Bonchev–Trinajstić information content (AvgIpc) is 2.46. The van der Waals surface area contributed by atoms with Crippen LogP contribution < -0.4 is 29.6 Å². The first kappa shape index (κ1) is 41.3. The van der Waals surface area contributed by atoms with Crippen LogP contribution in [0.15, 0.2) is 11.5 Å². The second-order valence-electron chi connectivity index (χ2n) is 7.54. The van der Waals surface area contributed by atoms with Crippen LogP contribution in [0.4, 0.5) is 38.9 Å². The van der Waals surface area contributed by atoms with E-state index in [1.807, 2.05) is 0 Å². The molecule has 0 amide bonds. The van der Waals surface area contributed by atoms with Crippen LogP contribution in [-0.2, 0) is 20.2 Å². The van der Waals surface area contributed by atoms with Gasteiger partial charge >= 0.3 is 39.8 Å². The van der Waals surface area contributed by atoms with Gasteiger partial charge in [-0.1, -0.05) is 64.2 Å². The van der Waals surface area contributed by atoms with Crippen LogP contribution in [-0.4, -0.2) is 48.6 Å². The van der Waals surface area contributed by atoms with Crippen molar-refractivity contribution in [3.8, 4) is 0 Å². The van der Waals surface area contributed by atoms with E-state index in [-0.39, 0.29) is 80.9 Å². The molecule has 220 valence electrons. The van der Waals surface area contributed by atoms with Crippen LogP contribution in [0, 0.1) is 0 Å². The Bertz CT molecular complexity index is 926. The van der Waals surface area contributed by atoms with Crippen LogP contribution >= 0.6 is 32.0 Å². The third kappa shape index (κ3) is 42.0. The smallest absolute Gasteiger partial charge is 0.748 e. The summed E-state index contributed by atoms with van der Waals surface area (Å²) >= 11 is 5.18. The SMILES string of the molecule is O=S(=O)(O)CCCCCC(Cl)CS(F)(F)(F)(F)F.O=S(=O)([O-])CCCCC/C=C/S(F)(F)(F)(F)F.[Na+]. The van der Waals surface area contributed by atoms with Gasteiger partial charge in [0.15, 0.2) is 0 Å². The van der Waals surface area contributed by atoms with Gasteiger partial charge in [-0.05, 0) is 32.1 Å². The molecule has 0 saturated carbocycles. The topological polar surface area (TPSA) is 112 Å². The van der Waals surface area contributed by atoms with Gasteiger partial charge in [0.05, 0.1) is 26.7 Å². The third-order valence-electron chi connectivity index (χ3n) is 3.53. The van der Waals surface area contributed by atoms with Gasteiger partial charge in [-0.3, -0.25) is 4.55 Å². The Morgan fingerprint density at radius 1 is 0.778 bits per heavy atom. The second kappa shape index (κ2) is 12.6. The molecule has 0 aromatic heterocycles. The monoisotopic (exact) mass is 666 g/mol. The van der Waals surface area contributed by atoms with Crippen molar-refractivity contribution in [1.82, 2.24) is 0 Å². The standard InChI is InChI=1S/C7H14ClF5O3S2.C7H13F5O3S2.Na/c8-7(6-18(9,10,11,12)13)4-2-1-3-5-17(14,15)16;8-17(9,10,11,12)7-5-3-1-2-4-6-16(13,14)15;/h7H,1-6H2,(H,14,15,16);5,7H,1-4,6H2,(H,13,14,15);/q;;+1/p-1/b;7-5+;. The molecule has 1 N–H and O–H groups in total. The molecule has 0 radical (unpaired) electrons. The van der Waals surface area contributed by atoms with Crippen molar-refractivity contribution in [2.75, 3.05) is 17.3 Å². The number of rotatable bonds is 15. The fourth-order valence-electron chi connectivity index (χ4n) is 2.22. The van der Waals surface area contributed by atoms with E-state index < -0.39 is 68.7 Å². The maximum Gasteiger partial charge on any atom is 1.00 e. The number of allylic oxidation sites excluding steroid dienone is 1. The Morgan fingerprint density at radius 2 is 1.22 bits per heavy atom. The van der Waals surface area contributed by atoms with Crippen LogP contribution in [0.1, 0.15) is 51.4 Å². The summed E-state index contributed by atoms with van der Waals surface area (Å²) in [5.41, 5.74) is 0. The normalized spacial score (nSPS) is 18.0. The molecule has 0 aliphatic carbocycles. The summed E-state index contributed by atoms with van der Waals surface area (Å²) in [6.45, 7) is 0. The summed E-state index contributed by atoms with van der Waals surface area (Å²) in [5.74, 6) is -3.43. The van der Waals surface area contributed by atoms with Crippen molar-refractivity contribution in [1.29, 1.82) is 0 Å². The maximum atomic E-state index is 12.0. The van der Waals surface area contributed by atoms with Crippen molar-refractivity contribution in [3.05, 3.63) is 11.5 Å². The largest absolute Gasteiger partial charge is 1.00 e. The van der Waals surface area contributed by atoms with E-state index in [1.165, 1.54) is 0 Å². The van der Waals surface area contributed by atoms with Gasteiger partial charge in [-0.15, -0.1) is 11.6 Å². The first-order chi connectivity index (χ1) is 14.8. The molecular formula is C14H26ClF10NaO6S4. The molecular weight excluding hydrogens is 641 g/mol. The molecule has 0 heterocycles. The average molecular weight is 667 g/mol. The summed E-state index contributed by atoms with van der Waals surface area (Å²) in [6.07, 6.45) is 0.387. The van der Waals surface area contributed by atoms with Gasteiger partial charge in [0, 0.05) is 5.75 Å². The molecule has 0 spiro atoms. The number of hydrogen-bond donors (Lipinski definition) is 1. The minimum absolute atomic E-state index is 0. The van der Waals surface area contributed by atoms with Gasteiger partial charge in [0.25, 0.3) is 20.3 Å². The van der Waals surface area contributed by atoms with Gasteiger partial charge < -0.3 is 4.55 Å². The van der Waals surface area contributed by atoms with Crippen molar-refractivity contribution >= 4 is 52.3 Å². The van der Waals surface area contributed by atoms with E-state index in [4.69, 9.17) is 16.2 Å². The van der Waals surface area contributed by atoms with Crippen LogP contribution in [0.2, 0.25) is 0 Å². The molecule has 0 fully saturated rings. The number of halogens is 11. The summed E-state index contributed by atoms with van der Waals surface area (Å²) in [5, 5.41) is -2.75. The zero-order valence-electron chi connectivity index (χ0n) is 18.8. The van der Waals surface area contributed by atoms with E-state index >= 15 is 0 Å². The molecule has 0 bridgehead atoms. The number of hydrogen-bond acceptors (Lipinski definition) is 5. The number of alkyl halides is 1. The summed E-state index contributed by atoms with van der Waals surface area (Å²) in [4.78, 5) is 0. The van der Waals surface area contributed by atoms with Crippen LogP contribution in [0.3, 0.4) is 0 Å². The van der Waals surface area contributed by atoms with Gasteiger partial charge in [0.1, 0.15) is 5.75 Å². The van der Waals surface area contributed by atoms with Crippen molar-refractivity contribution in [2.45, 2.75) is 56.7 Å². The van der Waals surface area contributed by atoms with E-state index in [0.29, 0.717) is 6.08 Å². The Balaban J connectivity index is -0.000000590. The first-order valence-corrected chi connectivity index (χ1v) is 17.2. The van der Waals surface area contributed by atoms with Crippen molar-refractivity contribution in [3.63, 3.8) is 0 Å². The Kier molecular flexibility index (Phi) is 14.4. The molecule has 0 aromatic rings. The van der Waals surface area contributed by atoms with Crippen LogP contribution in [0.5, 0.6) is 0 Å². The summed E-state index contributed by atoms with van der Waals surface area (Å²) in [6, 6.07) is 0. The fourth-order valence-corrected chi connectivity index (χ4v) is 5.57. The van der Waals surface area contributed by atoms with E-state index in [9.17, 15) is 60.2 Å². The maximum absolute atomic E-state index is 12.0. The predicted octanol–water partition coefficient (Wildman–Crippen LogP) is 5.25. The minimum Gasteiger partial charge on any atom is -0.748 e. The molecule has 0 aliphatic heterocycles. The van der Waals surface area contributed by atoms with Crippen molar-refractivity contribution in [2.24, 2.45) is 0 Å². The summed E-state index contributed by atoms with van der Waals surface area (Å²) in [7, 11) is -27.4. The van der Waals surface area contributed by atoms with Crippen LogP contribution in [0.25, 0.3) is 0 Å². The molecule has 1 unspecified atom stereocenters. The molecule has 0 aromatic carbocycles. The zero-order chi connectivity index (χ0) is 28.6. The van der Waals surface area contributed by atoms with Gasteiger partial charge in [0.2, 0.25) is 0 Å². The molecule has 0 saturated heterocycles. The van der Waals surface area contributed by atoms with E-state index in [0.717, 1.165) is 0 Å². The van der Waals surface area contributed by atoms with Gasteiger partial charge in [-0.2, -0.15) is 8.42 Å². The minimum atomic E-state index is -9.48. The first-order valence-electron chi connectivity index (χ1n) is 9.44. The fraction of sp³-hybridized carbons (Fsp3) is 0.857. The van der Waals surface area contributed by atoms with E-state index in [2.05, 4.69) is 0 Å². The molecule has 0 aliphatic rings. The molecule has 22 heteroatoms. The van der Waals surface area contributed by atoms with Gasteiger partial charge in [-0.25, -0.2) is 8.42 Å². The molecule has 6 nitrogen and oxygen atoms in total. The summed E-state index contributed by atoms with van der Waals surface area (Å²) < 4.78 is 178. The second-order valence-corrected chi connectivity index (χ2v) is 16.2. The van der Waals surface area contributed by atoms with E-state index in [1.54, 1.807) is 0 Å². The van der Waals surface area contributed by atoms with Crippen molar-refractivity contribution < 1.29 is 94.4 Å². The Morgan fingerprint density at radius 3 is 1.61 bits per heavy atom. The molecule has 36 heavy (non-hydrogen) atoms. The Labute approximate surface area is 230 Å². The zero-order valence-corrected chi connectivity index (χ0v) is 24.8.